The van der Waals surface area contributed by atoms with E-state index in [4.69, 9.17) is 9.47 Å². The molecule has 1 atom stereocenters. The molecule has 0 spiro atoms. The molecule has 6 nitrogen and oxygen atoms in total. The molecule has 1 aromatic rings. The van der Waals surface area contributed by atoms with Crippen LogP contribution in [0.1, 0.15) is 18.9 Å². The van der Waals surface area contributed by atoms with Gasteiger partial charge in [0.2, 0.25) is 11.8 Å². The van der Waals surface area contributed by atoms with Gasteiger partial charge in [-0.3, -0.25) is 9.59 Å². The van der Waals surface area contributed by atoms with Gasteiger partial charge in [0.05, 0.1) is 14.2 Å². The first kappa shape index (κ1) is 16.1. The average Bonchev–Trinajstić information content (AvgIpc) is 2.54. The van der Waals surface area contributed by atoms with Crippen LogP contribution in [0.5, 0.6) is 11.5 Å². The summed E-state index contributed by atoms with van der Waals surface area (Å²) in [5.74, 6) is 1.30. The summed E-state index contributed by atoms with van der Waals surface area (Å²) < 4.78 is 10.4. The minimum atomic E-state index is -0.402. The molecule has 0 saturated carbocycles. The summed E-state index contributed by atoms with van der Waals surface area (Å²) in [4.78, 5) is 25.6. The largest absolute Gasteiger partial charge is 0.497 e. The SMILES string of the molecule is COc1cc(CCC(=O)N2CCNC(=O)C2C)cc(OC)c1. The Morgan fingerprint density at radius 2 is 1.91 bits per heavy atom. The maximum Gasteiger partial charge on any atom is 0.242 e. The van der Waals surface area contributed by atoms with Crippen LogP contribution in [0.25, 0.3) is 0 Å². The van der Waals surface area contributed by atoms with E-state index in [0.717, 1.165) is 5.56 Å². The summed E-state index contributed by atoms with van der Waals surface area (Å²) in [6, 6.07) is 5.17. The molecular weight excluding hydrogens is 284 g/mol. The lowest BCUT2D eigenvalue weighted by molar-refractivity contribution is -0.142. The minimum absolute atomic E-state index is 0.0101. The van der Waals surface area contributed by atoms with Gasteiger partial charge in [0.1, 0.15) is 17.5 Å². The number of benzene rings is 1. The van der Waals surface area contributed by atoms with E-state index in [0.29, 0.717) is 37.4 Å². The van der Waals surface area contributed by atoms with Crippen LogP contribution in [0.15, 0.2) is 18.2 Å². The number of ether oxygens (including phenoxy) is 2. The normalized spacial score (nSPS) is 17.9. The van der Waals surface area contributed by atoms with Crippen LogP contribution in [0, 0.1) is 0 Å². The number of methoxy groups -OCH3 is 2. The van der Waals surface area contributed by atoms with E-state index >= 15 is 0 Å². The van der Waals surface area contributed by atoms with Gasteiger partial charge in [-0.2, -0.15) is 0 Å². The number of nitrogens with zero attached hydrogens (tertiary/aromatic N) is 1. The van der Waals surface area contributed by atoms with Crippen molar-refractivity contribution in [2.75, 3.05) is 27.3 Å². The summed E-state index contributed by atoms with van der Waals surface area (Å²) in [6.07, 6.45) is 0.936. The molecule has 1 aliphatic rings. The molecule has 1 aromatic carbocycles. The van der Waals surface area contributed by atoms with Crippen molar-refractivity contribution in [1.82, 2.24) is 10.2 Å². The zero-order chi connectivity index (χ0) is 16.1. The smallest absolute Gasteiger partial charge is 0.242 e. The van der Waals surface area contributed by atoms with E-state index in [9.17, 15) is 9.59 Å². The van der Waals surface area contributed by atoms with Crippen molar-refractivity contribution in [3.8, 4) is 11.5 Å². The summed E-state index contributed by atoms with van der Waals surface area (Å²) in [7, 11) is 3.19. The molecule has 2 amide bonds. The number of carbonyl (C=O) groups excluding carboxylic acids is 2. The molecule has 120 valence electrons. The fourth-order valence-corrected chi connectivity index (χ4v) is 2.53. The molecule has 0 radical (unpaired) electrons. The van der Waals surface area contributed by atoms with Crippen LogP contribution >= 0.6 is 0 Å². The first-order chi connectivity index (χ1) is 10.5. The van der Waals surface area contributed by atoms with Crippen LogP contribution in [-0.4, -0.2) is 50.1 Å². The molecule has 6 heteroatoms. The average molecular weight is 306 g/mol. The van der Waals surface area contributed by atoms with Gasteiger partial charge < -0.3 is 19.7 Å². The molecular formula is C16H22N2O4. The minimum Gasteiger partial charge on any atom is -0.497 e. The number of hydrogen-bond acceptors (Lipinski definition) is 4. The molecule has 1 heterocycles. The molecule has 0 bridgehead atoms. The fourth-order valence-electron chi connectivity index (χ4n) is 2.53. The van der Waals surface area contributed by atoms with Gasteiger partial charge in [-0.05, 0) is 31.0 Å². The molecule has 22 heavy (non-hydrogen) atoms. The fraction of sp³-hybridized carbons (Fsp3) is 0.500. The lowest BCUT2D eigenvalue weighted by Crippen LogP contribution is -2.55. The van der Waals surface area contributed by atoms with Crippen molar-refractivity contribution < 1.29 is 19.1 Å². The van der Waals surface area contributed by atoms with Crippen LogP contribution in [-0.2, 0) is 16.0 Å². The van der Waals surface area contributed by atoms with Crippen molar-refractivity contribution in [3.63, 3.8) is 0 Å². The predicted octanol–water partition coefficient (Wildman–Crippen LogP) is 0.983. The lowest BCUT2D eigenvalue weighted by Gasteiger charge is -2.32. The van der Waals surface area contributed by atoms with Crippen molar-refractivity contribution >= 4 is 11.8 Å². The number of aryl methyl sites for hydroxylation is 1. The van der Waals surface area contributed by atoms with Gasteiger partial charge in [0, 0.05) is 25.6 Å². The Labute approximate surface area is 130 Å². The molecule has 2 rings (SSSR count). The Balaban J connectivity index is 2.00. The molecule has 0 aliphatic carbocycles. The van der Waals surface area contributed by atoms with Crippen molar-refractivity contribution in [3.05, 3.63) is 23.8 Å². The molecule has 1 unspecified atom stereocenters. The predicted molar refractivity (Wildman–Crippen MR) is 82.1 cm³/mol. The topological polar surface area (TPSA) is 67.9 Å². The zero-order valence-electron chi connectivity index (χ0n) is 13.2. The van der Waals surface area contributed by atoms with Crippen LogP contribution in [0.2, 0.25) is 0 Å². The van der Waals surface area contributed by atoms with E-state index in [2.05, 4.69) is 5.32 Å². The number of carbonyl (C=O) groups is 2. The number of amides is 2. The van der Waals surface area contributed by atoms with Gasteiger partial charge in [0.15, 0.2) is 0 Å². The first-order valence-corrected chi connectivity index (χ1v) is 7.34. The number of piperazine rings is 1. The lowest BCUT2D eigenvalue weighted by atomic mass is 10.1. The van der Waals surface area contributed by atoms with Gasteiger partial charge in [-0.1, -0.05) is 0 Å². The summed E-state index contributed by atoms with van der Waals surface area (Å²) in [5.41, 5.74) is 0.971. The van der Waals surface area contributed by atoms with Crippen molar-refractivity contribution in [2.24, 2.45) is 0 Å². The second kappa shape index (κ2) is 7.15. The number of nitrogens with one attached hydrogen (secondary N) is 1. The highest BCUT2D eigenvalue weighted by Gasteiger charge is 2.28. The maximum absolute atomic E-state index is 12.3. The maximum atomic E-state index is 12.3. The third-order valence-electron chi connectivity index (χ3n) is 3.86. The Morgan fingerprint density at radius 3 is 2.50 bits per heavy atom. The third kappa shape index (κ3) is 3.69. The Bertz CT molecular complexity index is 537. The molecule has 1 aliphatic heterocycles. The highest BCUT2D eigenvalue weighted by atomic mass is 16.5. The monoisotopic (exact) mass is 306 g/mol. The third-order valence-corrected chi connectivity index (χ3v) is 3.86. The molecule has 1 fully saturated rings. The van der Waals surface area contributed by atoms with E-state index in [1.807, 2.05) is 12.1 Å². The number of hydrogen-bond donors (Lipinski definition) is 1. The van der Waals surface area contributed by atoms with Crippen molar-refractivity contribution in [2.45, 2.75) is 25.8 Å². The highest BCUT2D eigenvalue weighted by molar-refractivity contribution is 5.88. The molecule has 1 saturated heterocycles. The molecule has 0 aromatic heterocycles. The van der Waals surface area contributed by atoms with Gasteiger partial charge in [0.25, 0.3) is 0 Å². The van der Waals surface area contributed by atoms with Crippen LogP contribution in [0.3, 0.4) is 0 Å². The van der Waals surface area contributed by atoms with Crippen LogP contribution < -0.4 is 14.8 Å². The summed E-state index contributed by atoms with van der Waals surface area (Å²) >= 11 is 0. The van der Waals surface area contributed by atoms with Crippen molar-refractivity contribution in [1.29, 1.82) is 0 Å². The Kier molecular flexibility index (Phi) is 5.25. The van der Waals surface area contributed by atoms with E-state index in [1.165, 1.54) is 0 Å². The van der Waals surface area contributed by atoms with Crippen LogP contribution in [0.4, 0.5) is 0 Å². The van der Waals surface area contributed by atoms with Gasteiger partial charge >= 0.3 is 0 Å². The second-order valence-electron chi connectivity index (χ2n) is 5.28. The van der Waals surface area contributed by atoms with Gasteiger partial charge in [-0.25, -0.2) is 0 Å². The van der Waals surface area contributed by atoms with E-state index in [1.54, 1.807) is 32.1 Å². The summed E-state index contributed by atoms with van der Waals surface area (Å²) in [5, 5.41) is 2.75. The van der Waals surface area contributed by atoms with E-state index in [-0.39, 0.29) is 11.8 Å². The Hall–Kier alpha value is -2.24. The Morgan fingerprint density at radius 1 is 1.27 bits per heavy atom. The first-order valence-electron chi connectivity index (χ1n) is 7.34. The van der Waals surface area contributed by atoms with E-state index < -0.39 is 6.04 Å². The quantitative estimate of drug-likeness (QED) is 0.880. The standard InChI is InChI=1S/C16H22N2O4/c1-11-16(20)17-6-7-18(11)15(19)5-4-12-8-13(21-2)10-14(9-12)22-3/h8-11H,4-7H2,1-3H3,(H,17,20). The summed E-state index contributed by atoms with van der Waals surface area (Å²) in [6.45, 7) is 2.83. The highest BCUT2D eigenvalue weighted by Crippen LogP contribution is 2.23. The van der Waals surface area contributed by atoms with Gasteiger partial charge in [-0.15, -0.1) is 0 Å². The molecule has 1 N–H and O–H groups in total. The second-order valence-corrected chi connectivity index (χ2v) is 5.28. The zero-order valence-corrected chi connectivity index (χ0v) is 13.2. The number of rotatable bonds is 5.